The van der Waals surface area contributed by atoms with Gasteiger partial charge in [-0.3, -0.25) is 4.79 Å². The maximum atomic E-state index is 11.8. The first-order chi connectivity index (χ1) is 8.32. The molecule has 5 nitrogen and oxygen atoms in total. The summed E-state index contributed by atoms with van der Waals surface area (Å²) in [6.45, 7) is 4.66. The van der Waals surface area contributed by atoms with Gasteiger partial charge in [0.15, 0.2) is 9.84 Å². The molecule has 0 fully saturated rings. The number of nitrogens with two attached hydrogens (primary N) is 1. The largest absolute Gasteiger partial charge is 0.349 e. The molecule has 2 atom stereocenters. The molecule has 0 aliphatic carbocycles. The predicted molar refractivity (Wildman–Crippen MR) is 71.5 cm³/mol. The molecule has 1 amide bonds. The van der Waals surface area contributed by atoms with E-state index in [0.717, 1.165) is 11.8 Å². The fourth-order valence-electron chi connectivity index (χ4n) is 2.12. The lowest BCUT2D eigenvalue weighted by Gasteiger charge is -2.17. The van der Waals surface area contributed by atoms with Crippen LogP contribution in [-0.4, -0.2) is 32.7 Å². The number of nitrogens with one attached hydrogen (secondary N) is 1. The first-order valence-corrected chi connectivity index (χ1v) is 7.94. The number of rotatable bonds is 6. The highest BCUT2D eigenvalue weighted by Gasteiger charge is 2.24. The van der Waals surface area contributed by atoms with Crippen LogP contribution < -0.4 is 11.1 Å². The molecule has 0 saturated heterocycles. The Kier molecular flexibility index (Phi) is 5.34. The molecule has 0 aromatic carbocycles. The van der Waals surface area contributed by atoms with Gasteiger partial charge in [0.1, 0.15) is 0 Å². The summed E-state index contributed by atoms with van der Waals surface area (Å²) in [6.07, 6.45) is 2.79. The van der Waals surface area contributed by atoms with Crippen LogP contribution in [0.1, 0.15) is 26.7 Å². The van der Waals surface area contributed by atoms with Crippen LogP contribution >= 0.6 is 0 Å². The second-order valence-corrected chi connectivity index (χ2v) is 7.20. The summed E-state index contributed by atoms with van der Waals surface area (Å²) in [7, 11) is -3.11. The number of sulfone groups is 1. The van der Waals surface area contributed by atoms with E-state index in [1.165, 1.54) is 6.08 Å². The van der Waals surface area contributed by atoms with Gasteiger partial charge < -0.3 is 11.1 Å². The second-order valence-electron chi connectivity index (χ2n) is 5.27. The minimum atomic E-state index is -3.11. The third-order valence-corrected chi connectivity index (χ3v) is 4.28. The van der Waals surface area contributed by atoms with Crippen molar-refractivity contribution in [2.45, 2.75) is 32.7 Å². The van der Waals surface area contributed by atoms with E-state index in [0.29, 0.717) is 18.9 Å². The van der Waals surface area contributed by atoms with Crippen molar-refractivity contribution in [3.05, 3.63) is 11.5 Å². The summed E-state index contributed by atoms with van der Waals surface area (Å²) in [5.74, 6) is 0.499. The molecule has 18 heavy (non-hydrogen) atoms. The van der Waals surface area contributed by atoms with Crippen LogP contribution in [0.3, 0.4) is 0 Å². The fraction of sp³-hybridized carbons (Fsp3) is 0.750. The van der Waals surface area contributed by atoms with Crippen LogP contribution in [0.4, 0.5) is 0 Å². The van der Waals surface area contributed by atoms with Crippen LogP contribution in [0.5, 0.6) is 0 Å². The topological polar surface area (TPSA) is 89.3 Å². The van der Waals surface area contributed by atoms with Crippen molar-refractivity contribution in [3.63, 3.8) is 0 Å². The van der Waals surface area contributed by atoms with Crippen molar-refractivity contribution in [3.8, 4) is 0 Å². The van der Waals surface area contributed by atoms with Crippen LogP contribution in [0.15, 0.2) is 11.5 Å². The Bertz CT molecular complexity index is 415. The molecule has 0 bridgehead atoms. The van der Waals surface area contributed by atoms with Crippen molar-refractivity contribution < 1.29 is 13.2 Å². The normalized spacial score (nSPS) is 23.2. The molecule has 1 rings (SSSR count). The Morgan fingerprint density at radius 1 is 1.50 bits per heavy atom. The predicted octanol–water partition coefficient (Wildman–Crippen LogP) is 0.424. The first-order valence-electron chi connectivity index (χ1n) is 6.22. The molecule has 0 radical (unpaired) electrons. The van der Waals surface area contributed by atoms with Gasteiger partial charge in [0, 0.05) is 11.8 Å². The lowest BCUT2D eigenvalue weighted by atomic mass is 9.94. The van der Waals surface area contributed by atoms with E-state index in [1.807, 2.05) is 0 Å². The quantitative estimate of drug-likeness (QED) is 0.735. The van der Waals surface area contributed by atoms with Gasteiger partial charge in [-0.05, 0) is 30.9 Å². The van der Waals surface area contributed by atoms with Crippen LogP contribution in [0.25, 0.3) is 0 Å². The average molecular weight is 274 g/mol. The summed E-state index contributed by atoms with van der Waals surface area (Å²) >= 11 is 0. The zero-order chi connectivity index (χ0) is 13.8. The SMILES string of the molecule is CC(C)CC(CN)CC(=O)NC1C=CS(=O)(=O)C1. The molecule has 2 unspecified atom stereocenters. The van der Waals surface area contributed by atoms with Crippen molar-refractivity contribution >= 4 is 15.7 Å². The second kappa shape index (κ2) is 6.33. The average Bonchev–Trinajstić information content (AvgIpc) is 2.56. The van der Waals surface area contributed by atoms with Gasteiger partial charge in [0.25, 0.3) is 0 Å². The fourth-order valence-corrected chi connectivity index (χ4v) is 3.36. The monoisotopic (exact) mass is 274 g/mol. The summed E-state index contributed by atoms with van der Waals surface area (Å²) < 4.78 is 22.4. The van der Waals surface area contributed by atoms with Crippen LogP contribution in [0.2, 0.25) is 0 Å². The molecule has 3 N–H and O–H groups in total. The summed E-state index contributed by atoms with van der Waals surface area (Å²) in [6, 6.07) is -0.389. The highest BCUT2D eigenvalue weighted by atomic mass is 32.2. The number of carbonyl (C=O) groups excluding carboxylic acids is 1. The molecular formula is C12H22N2O3S. The number of amides is 1. The molecule has 0 saturated carbocycles. The van der Waals surface area contributed by atoms with E-state index in [4.69, 9.17) is 5.73 Å². The molecule has 104 valence electrons. The van der Waals surface area contributed by atoms with Crippen molar-refractivity contribution in [1.82, 2.24) is 5.32 Å². The zero-order valence-electron chi connectivity index (χ0n) is 10.9. The van der Waals surface area contributed by atoms with E-state index in [-0.39, 0.29) is 23.6 Å². The maximum Gasteiger partial charge on any atom is 0.220 e. The molecule has 0 aromatic heterocycles. The molecule has 0 aromatic rings. The Morgan fingerprint density at radius 2 is 2.17 bits per heavy atom. The number of hydrogen-bond acceptors (Lipinski definition) is 4. The summed E-state index contributed by atoms with van der Waals surface area (Å²) in [4.78, 5) is 11.8. The maximum absolute atomic E-state index is 11.8. The van der Waals surface area contributed by atoms with Gasteiger partial charge in [0.2, 0.25) is 5.91 Å². The van der Waals surface area contributed by atoms with Gasteiger partial charge in [-0.25, -0.2) is 8.42 Å². The molecular weight excluding hydrogens is 252 g/mol. The smallest absolute Gasteiger partial charge is 0.220 e. The zero-order valence-corrected chi connectivity index (χ0v) is 11.7. The van der Waals surface area contributed by atoms with Gasteiger partial charge in [-0.2, -0.15) is 0 Å². The Balaban J connectivity index is 2.40. The first kappa shape index (κ1) is 15.2. The van der Waals surface area contributed by atoms with Gasteiger partial charge in [-0.1, -0.05) is 13.8 Å². The van der Waals surface area contributed by atoms with Crippen LogP contribution in [0, 0.1) is 11.8 Å². The standard InChI is InChI=1S/C12H22N2O3S/c1-9(2)5-10(7-13)6-12(15)14-11-3-4-18(16,17)8-11/h3-4,9-11H,5-8,13H2,1-2H3,(H,14,15). The highest BCUT2D eigenvalue weighted by Crippen LogP contribution is 2.15. The molecule has 1 aliphatic rings. The third kappa shape index (κ3) is 5.18. The molecule has 6 heteroatoms. The summed E-state index contributed by atoms with van der Waals surface area (Å²) in [5.41, 5.74) is 5.63. The van der Waals surface area contributed by atoms with E-state index >= 15 is 0 Å². The minimum Gasteiger partial charge on any atom is -0.349 e. The van der Waals surface area contributed by atoms with Crippen molar-refractivity contribution in [2.75, 3.05) is 12.3 Å². The van der Waals surface area contributed by atoms with Crippen molar-refractivity contribution in [2.24, 2.45) is 17.6 Å². The van der Waals surface area contributed by atoms with E-state index < -0.39 is 9.84 Å². The number of carbonyl (C=O) groups is 1. The van der Waals surface area contributed by atoms with E-state index in [2.05, 4.69) is 19.2 Å². The Labute approximate surface area is 109 Å². The molecule has 1 heterocycles. The van der Waals surface area contributed by atoms with Gasteiger partial charge >= 0.3 is 0 Å². The van der Waals surface area contributed by atoms with E-state index in [1.54, 1.807) is 0 Å². The minimum absolute atomic E-state index is 0.0315. The molecule has 1 aliphatic heterocycles. The Hall–Kier alpha value is -0.880. The van der Waals surface area contributed by atoms with E-state index in [9.17, 15) is 13.2 Å². The highest BCUT2D eigenvalue weighted by molar-refractivity contribution is 7.94. The lowest BCUT2D eigenvalue weighted by Crippen LogP contribution is -2.37. The van der Waals surface area contributed by atoms with Crippen LogP contribution in [-0.2, 0) is 14.6 Å². The lowest BCUT2D eigenvalue weighted by molar-refractivity contribution is -0.122. The van der Waals surface area contributed by atoms with Gasteiger partial charge in [-0.15, -0.1) is 0 Å². The molecule has 0 spiro atoms. The Morgan fingerprint density at radius 3 is 2.61 bits per heavy atom. The van der Waals surface area contributed by atoms with Crippen molar-refractivity contribution in [1.29, 1.82) is 0 Å². The third-order valence-electron chi connectivity index (χ3n) is 2.89. The summed E-state index contributed by atoms with van der Waals surface area (Å²) in [5, 5.41) is 3.87. The van der Waals surface area contributed by atoms with Gasteiger partial charge in [0.05, 0.1) is 11.8 Å². The number of hydrogen-bond donors (Lipinski definition) is 2.